The molecule has 1 amide bonds. The van der Waals surface area contributed by atoms with Crippen LogP contribution in [0.2, 0.25) is 0 Å². The molecule has 0 bridgehead atoms. The van der Waals surface area contributed by atoms with E-state index >= 15 is 0 Å². The molecule has 0 spiro atoms. The van der Waals surface area contributed by atoms with Gasteiger partial charge >= 0.3 is 5.97 Å². The summed E-state index contributed by atoms with van der Waals surface area (Å²) in [5.41, 5.74) is 1.12. The van der Waals surface area contributed by atoms with E-state index < -0.39 is 23.5 Å². The smallest absolute Gasteiger partial charge is 0.340 e. The fourth-order valence-electron chi connectivity index (χ4n) is 2.95. The topological polar surface area (TPSA) is 97.5 Å². The van der Waals surface area contributed by atoms with Gasteiger partial charge < -0.3 is 19.8 Å². The third-order valence-corrected chi connectivity index (χ3v) is 4.29. The molecule has 1 aromatic heterocycles. The lowest BCUT2D eigenvalue weighted by atomic mass is 9.98. The second kappa shape index (κ2) is 10.7. The Morgan fingerprint density at radius 2 is 1.83 bits per heavy atom. The number of hydrogen-bond donors (Lipinski definition) is 2. The number of hydrogen-bond acceptors (Lipinski definition) is 5. The van der Waals surface area contributed by atoms with Crippen LogP contribution >= 0.6 is 0 Å². The monoisotopic (exact) mass is 418 g/mol. The maximum Gasteiger partial charge on any atom is 0.340 e. The zero-order valence-corrected chi connectivity index (χ0v) is 17.6. The molecule has 0 saturated carbocycles. The van der Waals surface area contributed by atoms with Gasteiger partial charge in [-0.1, -0.05) is 12.1 Å². The van der Waals surface area contributed by atoms with Gasteiger partial charge in [-0.25, -0.2) is 9.18 Å². The van der Waals surface area contributed by atoms with Crippen molar-refractivity contribution in [3.05, 3.63) is 47.0 Å². The summed E-state index contributed by atoms with van der Waals surface area (Å²) in [6, 6.07) is 5.32. The van der Waals surface area contributed by atoms with Crippen LogP contribution in [-0.4, -0.2) is 48.5 Å². The Hall–Kier alpha value is -3.00. The van der Waals surface area contributed by atoms with Crippen molar-refractivity contribution in [2.75, 3.05) is 19.8 Å². The minimum absolute atomic E-state index is 0.0434. The van der Waals surface area contributed by atoms with Crippen molar-refractivity contribution < 1.29 is 28.2 Å². The first kappa shape index (κ1) is 23.3. The van der Waals surface area contributed by atoms with Crippen LogP contribution in [0.4, 0.5) is 4.39 Å². The first-order valence-electron chi connectivity index (χ1n) is 9.86. The standard InChI is InChI=1S/C22H27FN2O5/c1-5-29-22(28)17-14(4)25-19(18(17)15-7-9-16(23)10-8-15)20(26)21(27)24-11-6-12-30-13(2)3/h7-10,13,25H,5-6,11-12H2,1-4H3,(H,24,27). The number of ketones is 1. The minimum Gasteiger partial charge on any atom is -0.462 e. The van der Waals surface area contributed by atoms with Gasteiger partial charge in [0.15, 0.2) is 0 Å². The Balaban J connectivity index is 2.31. The Labute approximate surface area is 175 Å². The molecule has 30 heavy (non-hydrogen) atoms. The molecule has 2 aromatic rings. The average molecular weight is 418 g/mol. The predicted molar refractivity (Wildman–Crippen MR) is 110 cm³/mol. The molecular weight excluding hydrogens is 391 g/mol. The van der Waals surface area contributed by atoms with Crippen molar-refractivity contribution in [2.24, 2.45) is 0 Å². The van der Waals surface area contributed by atoms with Gasteiger partial charge in [0.05, 0.1) is 18.3 Å². The third-order valence-electron chi connectivity index (χ3n) is 4.29. The molecule has 0 atom stereocenters. The number of carbonyl (C=O) groups excluding carboxylic acids is 3. The SMILES string of the molecule is CCOC(=O)c1c(C)[nH]c(C(=O)C(=O)NCCCOC(C)C)c1-c1ccc(F)cc1. The molecule has 0 fully saturated rings. The molecule has 0 aliphatic carbocycles. The van der Waals surface area contributed by atoms with E-state index in [-0.39, 0.29) is 36.1 Å². The molecule has 8 heteroatoms. The first-order valence-corrected chi connectivity index (χ1v) is 9.86. The molecule has 0 saturated heterocycles. The highest BCUT2D eigenvalue weighted by molar-refractivity contribution is 6.43. The Morgan fingerprint density at radius 3 is 2.43 bits per heavy atom. The van der Waals surface area contributed by atoms with E-state index in [1.807, 2.05) is 13.8 Å². The van der Waals surface area contributed by atoms with Crippen LogP contribution in [-0.2, 0) is 14.3 Å². The van der Waals surface area contributed by atoms with Crippen molar-refractivity contribution in [2.45, 2.75) is 40.2 Å². The average Bonchev–Trinajstić information content (AvgIpc) is 3.04. The van der Waals surface area contributed by atoms with Crippen molar-refractivity contribution in [1.29, 1.82) is 0 Å². The molecule has 7 nitrogen and oxygen atoms in total. The molecule has 0 aliphatic heterocycles. The van der Waals surface area contributed by atoms with E-state index in [1.165, 1.54) is 24.3 Å². The number of rotatable bonds is 10. The van der Waals surface area contributed by atoms with Gasteiger partial charge in [-0.05, 0) is 51.8 Å². The molecule has 0 unspecified atom stereocenters. The van der Waals surface area contributed by atoms with E-state index in [0.29, 0.717) is 24.3 Å². The van der Waals surface area contributed by atoms with E-state index in [2.05, 4.69) is 10.3 Å². The van der Waals surface area contributed by atoms with Crippen LogP contribution in [0, 0.1) is 12.7 Å². The summed E-state index contributed by atoms with van der Waals surface area (Å²) in [6.45, 7) is 7.97. The lowest BCUT2D eigenvalue weighted by Gasteiger charge is -2.09. The van der Waals surface area contributed by atoms with E-state index in [9.17, 15) is 18.8 Å². The van der Waals surface area contributed by atoms with Crippen molar-refractivity contribution in [3.63, 3.8) is 0 Å². The summed E-state index contributed by atoms with van der Waals surface area (Å²) in [6.07, 6.45) is 0.642. The van der Waals surface area contributed by atoms with Gasteiger partial charge in [0.2, 0.25) is 0 Å². The van der Waals surface area contributed by atoms with Gasteiger partial charge in [-0.15, -0.1) is 0 Å². The van der Waals surface area contributed by atoms with Crippen LogP contribution in [0.5, 0.6) is 0 Å². The molecule has 2 N–H and O–H groups in total. The number of amides is 1. The Bertz CT molecular complexity index is 903. The number of aromatic amines is 1. The molecule has 1 aromatic carbocycles. The van der Waals surface area contributed by atoms with Crippen molar-refractivity contribution >= 4 is 17.7 Å². The summed E-state index contributed by atoms with van der Waals surface area (Å²) >= 11 is 0. The van der Waals surface area contributed by atoms with E-state index in [1.54, 1.807) is 13.8 Å². The maximum atomic E-state index is 13.4. The normalized spacial score (nSPS) is 10.9. The number of aryl methyl sites for hydroxylation is 1. The zero-order chi connectivity index (χ0) is 22.3. The molecule has 0 aliphatic rings. The van der Waals surface area contributed by atoms with Crippen LogP contribution in [0.3, 0.4) is 0 Å². The summed E-state index contributed by atoms with van der Waals surface area (Å²) in [4.78, 5) is 40.5. The van der Waals surface area contributed by atoms with Gasteiger partial charge in [-0.2, -0.15) is 0 Å². The zero-order valence-electron chi connectivity index (χ0n) is 17.6. The van der Waals surface area contributed by atoms with Crippen LogP contribution < -0.4 is 5.32 Å². The van der Waals surface area contributed by atoms with Crippen LogP contribution in [0.25, 0.3) is 11.1 Å². The van der Waals surface area contributed by atoms with Crippen molar-refractivity contribution in [3.8, 4) is 11.1 Å². The first-order chi connectivity index (χ1) is 14.3. The number of benzene rings is 1. The molecular formula is C22H27FN2O5. The highest BCUT2D eigenvalue weighted by atomic mass is 19.1. The van der Waals surface area contributed by atoms with Gasteiger partial charge in [0.25, 0.3) is 11.7 Å². The number of nitrogens with one attached hydrogen (secondary N) is 2. The summed E-state index contributed by atoms with van der Waals surface area (Å²) in [7, 11) is 0. The number of halogens is 1. The number of aromatic nitrogens is 1. The van der Waals surface area contributed by atoms with Crippen molar-refractivity contribution in [1.82, 2.24) is 10.3 Å². The van der Waals surface area contributed by atoms with E-state index in [4.69, 9.17) is 9.47 Å². The number of ether oxygens (including phenoxy) is 2. The predicted octanol–water partition coefficient (Wildman–Crippen LogP) is 3.42. The molecule has 1 heterocycles. The minimum atomic E-state index is -0.822. The van der Waals surface area contributed by atoms with Crippen LogP contribution in [0.1, 0.15) is 53.7 Å². The number of esters is 1. The number of carbonyl (C=O) groups is 3. The van der Waals surface area contributed by atoms with Gasteiger partial charge in [0, 0.05) is 24.4 Å². The third kappa shape index (κ3) is 5.76. The second-order valence-corrected chi connectivity index (χ2v) is 6.96. The number of Topliss-reactive ketones (excluding diaryl/α,β-unsaturated/α-hetero) is 1. The summed E-state index contributed by atoms with van der Waals surface area (Å²) < 4.78 is 23.9. The second-order valence-electron chi connectivity index (χ2n) is 6.96. The van der Waals surface area contributed by atoms with E-state index in [0.717, 1.165) is 0 Å². The molecule has 0 radical (unpaired) electrons. The fraction of sp³-hybridized carbons (Fsp3) is 0.409. The van der Waals surface area contributed by atoms with Gasteiger partial charge in [0.1, 0.15) is 11.5 Å². The lowest BCUT2D eigenvalue weighted by molar-refractivity contribution is -0.117. The lowest BCUT2D eigenvalue weighted by Crippen LogP contribution is -2.32. The fourth-order valence-corrected chi connectivity index (χ4v) is 2.95. The van der Waals surface area contributed by atoms with Crippen LogP contribution in [0.15, 0.2) is 24.3 Å². The highest BCUT2D eigenvalue weighted by Gasteiger charge is 2.29. The Morgan fingerprint density at radius 1 is 1.17 bits per heavy atom. The Kier molecular flexibility index (Phi) is 8.29. The van der Waals surface area contributed by atoms with Gasteiger partial charge in [-0.3, -0.25) is 9.59 Å². The molecule has 2 rings (SSSR count). The number of H-pyrrole nitrogens is 1. The molecule has 162 valence electrons. The quantitative estimate of drug-likeness (QED) is 0.267. The maximum absolute atomic E-state index is 13.4. The largest absolute Gasteiger partial charge is 0.462 e. The summed E-state index contributed by atoms with van der Waals surface area (Å²) in [5.74, 6) is -2.72. The summed E-state index contributed by atoms with van der Waals surface area (Å²) in [5, 5.41) is 2.56. The highest BCUT2D eigenvalue weighted by Crippen LogP contribution is 2.31.